The van der Waals surface area contributed by atoms with Gasteiger partial charge in [0.25, 0.3) is 0 Å². The monoisotopic (exact) mass is 403 g/mol. The van der Waals surface area contributed by atoms with Gasteiger partial charge < -0.3 is 9.78 Å². The van der Waals surface area contributed by atoms with Gasteiger partial charge in [-0.3, -0.25) is 4.79 Å². The Labute approximate surface area is 180 Å². The summed E-state index contributed by atoms with van der Waals surface area (Å²) >= 11 is 0. The van der Waals surface area contributed by atoms with Gasteiger partial charge in [0.05, 0.1) is 11.4 Å². The van der Waals surface area contributed by atoms with E-state index in [0.29, 0.717) is 12.1 Å². The maximum Gasteiger partial charge on any atom is 0.166 e. The van der Waals surface area contributed by atoms with E-state index in [4.69, 9.17) is 0 Å². The highest BCUT2D eigenvalue weighted by molar-refractivity contribution is 5.83. The van der Waals surface area contributed by atoms with Crippen molar-refractivity contribution in [2.75, 3.05) is 0 Å². The predicted octanol–water partition coefficient (Wildman–Crippen LogP) is 6.85. The molecule has 1 N–H and O–H groups in total. The number of aryl methyl sites for hydroxylation is 1. The highest BCUT2D eigenvalue weighted by Crippen LogP contribution is 2.30. The molecule has 3 aromatic rings. The molecule has 0 unspecified atom stereocenters. The van der Waals surface area contributed by atoms with Crippen LogP contribution in [0.5, 0.6) is 0 Å². The van der Waals surface area contributed by atoms with Crippen molar-refractivity contribution in [3.63, 3.8) is 0 Å². The number of aromatic nitrogens is 1. The standard InChI is InChI=1S/C16H17NO.C9H10O.C2H6/c1-4-12-8-6-7-9-14(12)16-13(5-2)11(3)15(10-18)17-16;10-8-4-7-9-5-2-1-3-6-9;1-2/h4,6-10,17H,1,5H2,2-3H3;1-3,5-6,8H,4,7H2;1-2H3. The molecular weight excluding hydrogens is 370 g/mol. The Morgan fingerprint density at radius 3 is 2.17 bits per heavy atom. The molecule has 0 saturated heterocycles. The molecule has 0 bridgehead atoms. The van der Waals surface area contributed by atoms with Crippen molar-refractivity contribution >= 4 is 18.6 Å². The SMILES string of the molecule is C=Cc1ccccc1-c1[nH]c(C=O)c(C)c1CC.CC.O=CCCc1ccccc1. The van der Waals surface area contributed by atoms with Gasteiger partial charge in [-0.25, -0.2) is 0 Å². The van der Waals surface area contributed by atoms with Gasteiger partial charge >= 0.3 is 0 Å². The number of hydrogen-bond acceptors (Lipinski definition) is 2. The Hall–Kier alpha value is -3.20. The van der Waals surface area contributed by atoms with Gasteiger partial charge in [-0.15, -0.1) is 0 Å². The summed E-state index contributed by atoms with van der Waals surface area (Å²) < 4.78 is 0. The molecule has 0 atom stereocenters. The van der Waals surface area contributed by atoms with Crippen LogP contribution >= 0.6 is 0 Å². The third-order valence-electron chi connectivity index (χ3n) is 4.73. The third kappa shape index (κ3) is 6.70. The summed E-state index contributed by atoms with van der Waals surface area (Å²) in [6.07, 6.45) is 6.07. The lowest BCUT2D eigenvalue weighted by molar-refractivity contribution is -0.107. The fraction of sp³-hybridized carbons (Fsp3) is 0.259. The zero-order valence-corrected chi connectivity index (χ0v) is 18.6. The summed E-state index contributed by atoms with van der Waals surface area (Å²) in [5.74, 6) is 0. The third-order valence-corrected chi connectivity index (χ3v) is 4.73. The first-order valence-corrected chi connectivity index (χ1v) is 10.5. The highest BCUT2D eigenvalue weighted by Gasteiger charge is 2.15. The Morgan fingerprint density at radius 1 is 0.967 bits per heavy atom. The highest BCUT2D eigenvalue weighted by atomic mass is 16.1. The van der Waals surface area contributed by atoms with Crippen molar-refractivity contribution in [3.8, 4) is 11.3 Å². The van der Waals surface area contributed by atoms with Gasteiger partial charge in [0, 0.05) is 12.0 Å². The van der Waals surface area contributed by atoms with E-state index in [1.54, 1.807) is 0 Å². The minimum Gasteiger partial charge on any atom is -0.352 e. The second kappa shape index (κ2) is 13.9. The minimum absolute atomic E-state index is 0.629. The first-order chi connectivity index (χ1) is 14.7. The molecular formula is C27H33NO2. The van der Waals surface area contributed by atoms with Gasteiger partial charge in [0.2, 0.25) is 0 Å². The molecule has 0 aliphatic rings. The molecule has 3 nitrogen and oxygen atoms in total. The quantitative estimate of drug-likeness (QED) is 0.438. The molecule has 0 spiro atoms. The van der Waals surface area contributed by atoms with E-state index in [2.05, 4.69) is 24.6 Å². The molecule has 0 aliphatic heterocycles. The lowest BCUT2D eigenvalue weighted by atomic mass is 9.99. The van der Waals surface area contributed by atoms with E-state index in [0.717, 1.165) is 47.8 Å². The zero-order valence-electron chi connectivity index (χ0n) is 18.6. The van der Waals surface area contributed by atoms with Crippen LogP contribution in [0.3, 0.4) is 0 Å². The van der Waals surface area contributed by atoms with Gasteiger partial charge in [-0.1, -0.05) is 88.0 Å². The lowest BCUT2D eigenvalue weighted by Gasteiger charge is -2.07. The molecule has 30 heavy (non-hydrogen) atoms. The van der Waals surface area contributed by atoms with E-state index in [9.17, 15) is 9.59 Å². The van der Waals surface area contributed by atoms with Gasteiger partial charge in [0.1, 0.15) is 6.29 Å². The second-order valence-electron chi connectivity index (χ2n) is 6.47. The van der Waals surface area contributed by atoms with Crippen molar-refractivity contribution < 1.29 is 9.59 Å². The fourth-order valence-corrected chi connectivity index (χ4v) is 3.22. The number of benzene rings is 2. The van der Waals surface area contributed by atoms with Crippen LogP contribution in [0.25, 0.3) is 17.3 Å². The molecule has 0 radical (unpaired) electrons. The Kier molecular flexibility index (Phi) is 11.5. The first kappa shape index (κ1) is 24.8. The van der Waals surface area contributed by atoms with Crippen LogP contribution in [0.4, 0.5) is 0 Å². The Balaban J connectivity index is 0.000000318. The van der Waals surface area contributed by atoms with Crippen molar-refractivity contribution in [2.24, 2.45) is 0 Å². The molecule has 1 aromatic heterocycles. The summed E-state index contributed by atoms with van der Waals surface area (Å²) in [5, 5.41) is 0. The number of aromatic amines is 1. The number of carbonyl (C=O) groups is 2. The topological polar surface area (TPSA) is 49.9 Å². The number of carbonyl (C=O) groups excluding carboxylic acids is 2. The van der Waals surface area contributed by atoms with Crippen molar-refractivity contribution in [1.82, 2.24) is 4.98 Å². The van der Waals surface area contributed by atoms with E-state index >= 15 is 0 Å². The number of nitrogens with one attached hydrogen (secondary N) is 1. The van der Waals surface area contributed by atoms with Gasteiger partial charge in [-0.2, -0.15) is 0 Å². The molecule has 0 amide bonds. The van der Waals surface area contributed by atoms with E-state index in [1.165, 1.54) is 11.1 Å². The maximum absolute atomic E-state index is 11.0. The van der Waals surface area contributed by atoms with Gasteiger partial charge in [-0.05, 0) is 42.0 Å². The van der Waals surface area contributed by atoms with Crippen LogP contribution in [0, 0.1) is 6.92 Å². The summed E-state index contributed by atoms with van der Waals surface area (Å²) in [4.78, 5) is 24.2. The smallest absolute Gasteiger partial charge is 0.166 e. The van der Waals surface area contributed by atoms with E-state index in [1.807, 2.05) is 75.4 Å². The van der Waals surface area contributed by atoms with Crippen molar-refractivity contribution in [2.45, 2.75) is 47.0 Å². The summed E-state index contributed by atoms with van der Waals surface area (Å²) in [6, 6.07) is 18.1. The average Bonchev–Trinajstić information content (AvgIpc) is 3.15. The Bertz CT molecular complexity index is 923. The van der Waals surface area contributed by atoms with Crippen LogP contribution in [0.1, 0.15) is 59.9 Å². The molecule has 3 rings (SSSR count). The molecule has 3 heteroatoms. The number of rotatable bonds is 7. The number of aldehydes is 2. The normalized spacial score (nSPS) is 9.47. The predicted molar refractivity (Wildman–Crippen MR) is 128 cm³/mol. The lowest BCUT2D eigenvalue weighted by Crippen LogP contribution is -1.88. The fourth-order valence-electron chi connectivity index (χ4n) is 3.22. The van der Waals surface area contributed by atoms with Gasteiger partial charge in [0.15, 0.2) is 6.29 Å². The van der Waals surface area contributed by atoms with Crippen LogP contribution in [0.15, 0.2) is 61.2 Å². The zero-order chi connectivity index (χ0) is 22.4. The van der Waals surface area contributed by atoms with Crippen LogP contribution < -0.4 is 0 Å². The first-order valence-electron chi connectivity index (χ1n) is 10.5. The summed E-state index contributed by atoms with van der Waals surface area (Å²) in [7, 11) is 0. The minimum atomic E-state index is 0.629. The maximum atomic E-state index is 11.0. The van der Waals surface area contributed by atoms with Crippen molar-refractivity contribution in [1.29, 1.82) is 0 Å². The summed E-state index contributed by atoms with van der Waals surface area (Å²) in [5.41, 5.74) is 7.35. The average molecular weight is 404 g/mol. The molecule has 0 fully saturated rings. The largest absolute Gasteiger partial charge is 0.352 e. The van der Waals surface area contributed by atoms with Crippen molar-refractivity contribution in [3.05, 3.63) is 89.1 Å². The van der Waals surface area contributed by atoms with E-state index in [-0.39, 0.29) is 0 Å². The number of H-pyrrole nitrogens is 1. The number of hydrogen-bond donors (Lipinski definition) is 1. The van der Waals surface area contributed by atoms with Crippen LogP contribution in [0.2, 0.25) is 0 Å². The molecule has 0 aliphatic carbocycles. The molecule has 158 valence electrons. The second-order valence-corrected chi connectivity index (χ2v) is 6.47. The molecule has 0 saturated carbocycles. The molecule has 1 heterocycles. The van der Waals surface area contributed by atoms with Crippen LogP contribution in [-0.4, -0.2) is 17.6 Å². The van der Waals surface area contributed by atoms with Crippen LogP contribution in [-0.2, 0) is 17.6 Å². The Morgan fingerprint density at radius 2 is 1.60 bits per heavy atom. The summed E-state index contributed by atoms with van der Waals surface area (Å²) in [6.45, 7) is 11.9. The molecule has 2 aromatic carbocycles. The van der Waals surface area contributed by atoms with E-state index < -0.39 is 0 Å².